The van der Waals surface area contributed by atoms with Gasteiger partial charge in [-0.2, -0.15) is 0 Å². The fourth-order valence-corrected chi connectivity index (χ4v) is 1.43. The number of hydrogen-bond donors (Lipinski definition) is 0. The second-order valence-electron chi connectivity index (χ2n) is 4.40. The molecule has 0 saturated carbocycles. The van der Waals surface area contributed by atoms with E-state index in [-0.39, 0.29) is 38.3 Å². The number of carbonyl (C=O) groups is 2. The molecule has 0 rings (SSSR count). The van der Waals surface area contributed by atoms with Gasteiger partial charge in [0.1, 0.15) is 13.2 Å². The van der Waals surface area contributed by atoms with Crippen molar-refractivity contribution in [1.82, 2.24) is 0 Å². The average molecular weight is 290 g/mol. The fourth-order valence-electron chi connectivity index (χ4n) is 1.43. The zero-order valence-corrected chi connectivity index (χ0v) is 12.8. The molecule has 0 aromatic heterocycles. The van der Waals surface area contributed by atoms with E-state index in [1.807, 2.05) is 27.7 Å². The van der Waals surface area contributed by atoms with Crippen LogP contribution >= 0.6 is 0 Å². The van der Waals surface area contributed by atoms with E-state index in [1.165, 1.54) is 0 Å². The van der Waals surface area contributed by atoms with Crippen LogP contribution in [0.2, 0.25) is 0 Å². The van der Waals surface area contributed by atoms with Gasteiger partial charge in [0.05, 0.1) is 25.0 Å². The number of ether oxygens (including phenoxy) is 4. The van der Waals surface area contributed by atoms with Gasteiger partial charge in [0.15, 0.2) is 0 Å². The molecule has 0 fully saturated rings. The summed E-state index contributed by atoms with van der Waals surface area (Å²) in [6, 6.07) is 0. The van der Waals surface area contributed by atoms with Gasteiger partial charge in [0, 0.05) is 13.2 Å². The van der Waals surface area contributed by atoms with Gasteiger partial charge in [-0.25, -0.2) is 0 Å². The summed E-state index contributed by atoms with van der Waals surface area (Å²) in [5, 5.41) is 0. The number of rotatable bonds is 11. The monoisotopic (exact) mass is 290 g/mol. The largest absolute Gasteiger partial charge is 0.463 e. The molecule has 0 aliphatic carbocycles. The maximum atomic E-state index is 11.4. The molecule has 0 saturated heterocycles. The maximum absolute atomic E-state index is 11.4. The van der Waals surface area contributed by atoms with Crippen LogP contribution in [-0.2, 0) is 28.5 Å². The van der Waals surface area contributed by atoms with Crippen LogP contribution in [0, 0.1) is 0 Å². The Morgan fingerprint density at radius 1 is 0.800 bits per heavy atom. The van der Waals surface area contributed by atoms with Gasteiger partial charge in [0.25, 0.3) is 0 Å². The van der Waals surface area contributed by atoms with Crippen LogP contribution in [0.4, 0.5) is 0 Å². The SMILES string of the molecule is CCOC(C)COC(=O)CCC(=O)OCC(C)OCC. The molecule has 2 atom stereocenters. The fraction of sp³-hybridized carbons (Fsp3) is 0.857. The van der Waals surface area contributed by atoms with Gasteiger partial charge in [-0.3, -0.25) is 9.59 Å². The minimum Gasteiger partial charge on any atom is -0.463 e. The molecular formula is C14H26O6. The summed E-state index contributed by atoms with van der Waals surface area (Å²) >= 11 is 0. The third kappa shape index (κ3) is 10.8. The maximum Gasteiger partial charge on any atom is 0.306 e. The van der Waals surface area contributed by atoms with Crippen molar-refractivity contribution < 1.29 is 28.5 Å². The summed E-state index contributed by atoms with van der Waals surface area (Å²) in [4.78, 5) is 22.8. The first-order valence-electron chi connectivity index (χ1n) is 7.04. The van der Waals surface area contributed by atoms with Gasteiger partial charge in [-0.1, -0.05) is 0 Å². The lowest BCUT2D eigenvalue weighted by Crippen LogP contribution is -2.21. The zero-order valence-electron chi connectivity index (χ0n) is 12.8. The van der Waals surface area contributed by atoms with Crippen molar-refractivity contribution in [2.24, 2.45) is 0 Å². The standard InChI is InChI=1S/C14H26O6/c1-5-17-11(3)9-19-13(15)7-8-14(16)20-10-12(4)18-6-2/h11-12H,5-10H2,1-4H3. The Morgan fingerprint density at radius 2 is 1.15 bits per heavy atom. The minimum absolute atomic E-state index is 0.0146. The lowest BCUT2D eigenvalue weighted by atomic mass is 10.3. The Morgan fingerprint density at radius 3 is 1.45 bits per heavy atom. The summed E-state index contributed by atoms with van der Waals surface area (Å²) in [6.45, 7) is 8.92. The highest BCUT2D eigenvalue weighted by Gasteiger charge is 2.12. The normalized spacial score (nSPS) is 13.6. The summed E-state index contributed by atoms with van der Waals surface area (Å²) in [6.07, 6.45) is -0.243. The topological polar surface area (TPSA) is 71.1 Å². The molecule has 0 spiro atoms. The van der Waals surface area contributed by atoms with E-state index in [4.69, 9.17) is 18.9 Å². The molecule has 20 heavy (non-hydrogen) atoms. The van der Waals surface area contributed by atoms with Gasteiger partial charge < -0.3 is 18.9 Å². The van der Waals surface area contributed by atoms with Crippen molar-refractivity contribution in [2.75, 3.05) is 26.4 Å². The van der Waals surface area contributed by atoms with Crippen molar-refractivity contribution in [3.63, 3.8) is 0 Å². The zero-order chi connectivity index (χ0) is 15.4. The van der Waals surface area contributed by atoms with Crippen LogP contribution in [0.1, 0.15) is 40.5 Å². The number of hydrogen-bond acceptors (Lipinski definition) is 6. The van der Waals surface area contributed by atoms with Gasteiger partial charge in [-0.15, -0.1) is 0 Å². The highest BCUT2D eigenvalue weighted by molar-refractivity contribution is 5.77. The van der Waals surface area contributed by atoms with Crippen LogP contribution in [0.5, 0.6) is 0 Å². The summed E-state index contributed by atoms with van der Waals surface area (Å²) in [5.41, 5.74) is 0. The predicted molar refractivity (Wildman–Crippen MR) is 73.3 cm³/mol. The molecule has 0 bridgehead atoms. The van der Waals surface area contributed by atoms with E-state index in [0.29, 0.717) is 13.2 Å². The van der Waals surface area contributed by atoms with E-state index < -0.39 is 11.9 Å². The van der Waals surface area contributed by atoms with Gasteiger partial charge in [-0.05, 0) is 27.7 Å². The van der Waals surface area contributed by atoms with Crippen molar-refractivity contribution >= 4 is 11.9 Å². The quantitative estimate of drug-likeness (QED) is 0.539. The minimum atomic E-state index is -0.425. The molecule has 0 aliphatic rings. The smallest absolute Gasteiger partial charge is 0.306 e. The molecule has 0 amide bonds. The number of carbonyl (C=O) groups excluding carboxylic acids is 2. The van der Waals surface area contributed by atoms with Crippen LogP contribution in [0.15, 0.2) is 0 Å². The van der Waals surface area contributed by atoms with E-state index >= 15 is 0 Å². The third-order valence-corrected chi connectivity index (χ3v) is 2.39. The Kier molecular flexibility index (Phi) is 11.0. The van der Waals surface area contributed by atoms with Gasteiger partial charge in [0.2, 0.25) is 0 Å². The first-order valence-corrected chi connectivity index (χ1v) is 7.04. The lowest BCUT2D eigenvalue weighted by Gasteiger charge is -2.13. The van der Waals surface area contributed by atoms with Crippen molar-refractivity contribution in [3.8, 4) is 0 Å². The molecule has 0 aromatic carbocycles. The molecule has 0 heterocycles. The van der Waals surface area contributed by atoms with Gasteiger partial charge >= 0.3 is 11.9 Å². The second kappa shape index (κ2) is 11.7. The predicted octanol–water partition coefficient (Wildman–Crippen LogP) is 1.70. The molecule has 0 aromatic rings. The molecule has 118 valence electrons. The molecule has 6 nitrogen and oxygen atoms in total. The molecule has 2 unspecified atom stereocenters. The second-order valence-corrected chi connectivity index (χ2v) is 4.40. The first kappa shape index (κ1) is 18.9. The summed E-state index contributed by atoms with van der Waals surface area (Å²) in [7, 11) is 0. The van der Waals surface area contributed by atoms with Crippen molar-refractivity contribution in [1.29, 1.82) is 0 Å². The van der Waals surface area contributed by atoms with E-state index in [0.717, 1.165) is 0 Å². The van der Waals surface area contributed by atoms with Crippen LogP contribution in [-0.4, -0.2) is 50.6 Å². The highest BCUT2D eigenvalue weighted by atomic mass is 16.6. The average Bonchev–Trinajstić information content (AvgIpc) is 2.41. The number of esters is 2. The highest BCUT2D eigenvalue weighted by Crippen LogP contribution is 2.00. The Balaban J connectivity index is 3.65. The molecule has 6 heteroatoms. The van der Waals surface area contributed by atoms with Crippen LogP contribution in [0.25, 0.3) is 0 Å². The third-order valence-electron chi connectivity index (χ3n) is 2.39. The first-order chi connectivity index (χ1) is 9.49. The Hall–Kier alpha value is -1.14. The van der Waals surface area contributed by atoms with Crippen LogP contribution in [0.3, 0.4) is 0 Å². The van der Waals surface area contributed by atoms with Crippen molar-refractivity contribution in [3.05, 3.63) is 0 Å². The summed E-state index contributed by atoms with van der Waals surface area (Å²) in [5.74, 6) is -0.849. The van der Waals surface area contributed by atoms with E-state index in [2.05, 4.69) is 0 Å². The van der Waals surface area contributed by atoms with E-state index in [1.54, 1.807) is 0 Å². The Labute approximate surface area is 120 Å². The molecule has 0 radical (unpaired) electrons. The summed E-state index contributed by atoms with van der Waals surface area (Å²) < 4.78 is 20.4. The van der Waals surface area contributed by atoms with E-state index in [9.17, 15) is 9.59 Å². The van der Waals surface area contributed by atoms with Crippen LogP contribution < -0.4 is 0 Å². The Bertz CT molecular complexity index is 251. The van der Waals surface area contributed by atoms with Crippen molar-refractivity contribution in [2.45, 2.75) is 52.7 Å². The molecule has 0 N–H and O–H groups in total. The molecular weight excluding hydrogens is 264 g/mol. The molecule has 0 aliphatic heterocycles. The lowest BCUT2D eigenvalue weighted by molar-refractivity contribution is -0.154.